The highest BCUT2D eigenvalue weighted by molar-refractivity contribution is 7.09. The maximum Gasteiger partial charge on any atom is 0.0900 e. The number of thiophene rings is 1. The molecule has 2 aromatic rings. The van der Waals surface area contributed by atoms with E-state index in [1.807, 2.05) is 22.3 Å². The first-order valence-electron chi connectivity index (χ1n) is 8.22. The minimum Gasteiger partial charge on any atom is -0.389 e. The minimum absolute atomic E-state index is 0.391. The Labute approximate surface area is 141 Å². The second-order valence-corrected chi connectivity index (χ2v) is 7.31. The number of aryl methyl sites for hydroxylation is 1. The average molecular weight is 335 g/mol. The van der Waals surface area contributed by atoms with E-state index in [0.29, 0.717) is 25.8 Å². The number of aliphatic hydroxyl groups is 1. The Morgan fingerprint density at radius 1 is 1.52 bits per heavy atom. The Morgan fingerprint density at radius 3 is 3.17 bits per heavy atom. The summed E-state index contributed by atoms with van der Waals surface area (Å²) in [6.45, 7) is 5.66. The van der Waals surface area contributed by atoms with Crippen molar-refractivity contribution < 1.29 is 9.84 Å². The van der Waals surface area contributed by atoms with Crippen LogP contribution in [0.1, 0.15) is 23.3 Å². The van der Waals surface area contributed by atoms with Gasteiger partial charge in [0, 0.05) is 23.7 Å². The van der Waals surface area contributed by atoms with Crippen LogP contribution in [-0.4, -0.2) is 51.6 Å². The molecule has 6 heteroatoms. The highest BCUT2D eigenvalue weighted by Crippen LogP contribution is 2.19. The first-order valence-corrected chi connectivity index (χ1v) is 9.10. The Hall–Kier alpha value is -1.21. The standard InChI is InChI=1S/C17H25N3O2S/c1-14-8-18-20(9-14)10-15-4-2-6-19(15)11-16(21)12-22-13-17-5-3-7-23-17/h3,5,7-9,15-16,21H,2,4,6,10-13H2,1H3/t15-,16+/m1/s1. The summed E-state index contributed by atoms with van der Waals surface area (Å²) >= 11 is 1.68. The summed E-state index contributed by atoms with van der Waals surface area (Å²) in [5.74, 6) is 0. The monoisotopic (exact) mass is 335 g/mol. The van der Waals surface area contributed by atoms with Crippen LogP contribution < -0.4 is 0 Å². The molecule has 126 valence electrons. The molecule has 5 nitrogen and oxygen atoms in total. The fourth-order valence-electron chi connectivity index (χ4n) is 3.14. The number of aliphatic hydroxyl groups excluding tert-OH is 1. The highest BCUT2D eigenvalue weighted by Gasteiger charge is 2.26. The van der Waals surface area contributed by atoms with E-state index >= 15 is 0 Å². The first-order chi connectivity index (χ1) is 11.2. The molecule has 1 N–H and O–H groups in total. The van der Waals surface area contributed by atoms with Crippen LogP contribution in [0.5, 0.6) is 0 Å². The largest absolute Gasteiger partial charge is 0.389 e. The van der Waals surface area contributed by atoms with Crippen LogP contribution >= 0.6 is 11.3 Å². The van der Waals surface area contributed by atoms with Crippen molar-refractivity contribution in [1.29, 1.82) is 0 Å². The van der Waals surface area contributed by atoms with Crippen LogP contribution in [0, 0.1) is 6.92 Å². The van der Waals surface area contributed by atoms with E-state index < -0.39 is 6.10 Å². The second-order valence-electron chi connectivity index (χ2n) is 6.28. The molecule has 1 saturated heterocycles. The van der Waals surface area contributed by atoms with Gasteiger partial charge >= 0.3 is 0 Å². The molecule has 3 rings (SSSR count). The van der Waals surface area contributed by atoms with Crippen LogP contribution in [0.15, 0.2) is 29.9 Å². The van der Waals surface area contributed by atoms with E-state index in [1.54, 1.807) is 11.3 Å². The van der Waals surface area contributed by atoms with Gasteiger partial charge in [0.05, 0.1) is 32.1 Å². The van der Waals surface area contributed by atoms with E-state index in [1.165, 1.54) is 23.3 Å². The van der Waals surface area contributed by atoms with E-state index in [-0.39, 0.29) is 0 Å². The maximum atomic E-state index is 10.2. The van der Waals surface area contributed by atoms with Crippen LogP contribution in [0.25, 0.3) is 0 Å². The van der Waals surface area contributed by atoms with Crippen molar-refractivity contribution in [2.45, 2.75) is 45.1 Å². The lowest BCUT2D eigenvalue weighted by Crippen LogP contribution is -2.40. The number of likely N-dealkylation sites (tertiary alicyclic amines) is 1. The van der Waals surface area contributed by atoms with Crippen molar-refractivity contribution in [3.63, 3.8) is 0 Å². The zero-order valence-electron chi connectivity index (χ0n) is 13.6. The summed E-state index contributed by atoms with van der Waals surface area (Å²) in [7, 11) is 0. The van der Waals surface area contributed by atoms with Gasteiger partial charge in [-0.1, -0.05) is 6.07 Å². The molecule has 0 amide bonds. The molecule has 0 spiro atoms. The van der Waals surface area contributed by atoms with Crippen molar-refractivity contribution in [3.05, 3.63) is 40.3 Å². The number of hydrogen-bond donors (Lipinski definition) is 1. The average Bonchev–Trinajstić information content (AvgIpc) is 3.24. The Bertz CT molecular complexity index is 584. The number of nitrogens with zero attached hydrogens (tertiary/aromatic N) is 3. The molecule has 1 aliphatic heterocycles. The number of rotatable bonds is 8. The van der Waals surface area contributed by atoms with Crippen LogP contribution in [0.4, 0.5) is 0 Å². The Morgan fingerprint density at radius 2 is 2.43 bits per heavy atom. The van der Waals surface area contributed by atoms with Crippen LogP contribution in [0.3, 0.4) is 0 Å². The molecular formula is C17H25N3O2S. The molecule has 1 aliphatic rings. The van der Waals surface area contributed by atoms with Crippen LogP contribution in [-0.2, 0) is 17.9 Å². The fraction of sp³-hybridized carbons (Fsp3) is 0.588. The Balaban J connectivity index is 1.42. The molecule has 0 unspecified atom stereocenters. The molecule has 1 fully saturated rings. The normalized spacial score (nSPS) is 20.2. The van der Waals surface area contributed by atoms with Gasteiger partial charge in [-0.3, -0.25) is 9.58 Å². The lowest BCUT2D eigenvalue weighted by Gasteiger charge is -2.26. The van der Waals surface area contributed by atoms with Gasteiger partial charge in [0.15, 0.2) is 0 Å². The zero-order chi connectivity index (χ0) is 16.1. The lowest BCUT2D eigenvalue weighted by molar-refractivity contribution is 0.00741. The highest BCUT2D eigenvalue weighted by atomic mass is 32.1. The fourth-order valence-corrected chi connectivity index (χ4v) is 3.78. The summed E-state index contributed by atoms with van der Waals surface area (Å²) in [4.78, 5) is 3.57. The predicted molar refractivity (Wildman–Crippen MR) is 91.5 cm³/mol. The molecule has 0 aromatic carbocycles. The molecule has 0 aliphatic carbocycles. The number of β-amino-alcohol motifs (C(OH)–C–C–N with tert-alkyl or cyclic N) is 1. The van der Waals surface area contributed by atoms with Crippen LogP contribution in [0.2, 0.25) is 0 Å². The van der Waals surface area contributed by atoms with Gasteiger partial charge < -0.3 is 9.84 Å². The molecule has 0 bridgehead atoms. The second kappa shape index (κ2) is 8.06. The molecule has 2 aromatic heterocycles. The van der Waals surface area contributed by atoms with Gasteiger partial charge in [-0.25, -0.2) is 0 Å². The summed E-state index contributed by atoms with van der Waals surface area (Å²) in [5, 5.41) is 16.7. The molecule has 23 heavy (non-hydrogen) atoms. The predicted octanol–water partition coefficient (Wildman–Crippen LogP) is 2.30. The SMILES string of the molecule is Cc1cnn(C[C@H]2CCCN2C[C@H](O)COCc2cccs2)c1. The quantitative estimate of drug-likeness (QED) is 0.804. The van der Waals surface area contributed by atoms with E-state index in [2.05, 4.69) is 29.2 Å². The van der Waals surface area contributed by atoms with Crippen molar-refractivity contribution in [2.75, 3.05) is 19.7 Å². The third-order valence-electron chi connectivity index (χ3n) is 4.24. The van der Waals surface area contributed by atoms with E-state index in [4.69, 9.17) is 4.74 Å². The summed E-state index contributed by atoms with van der Waals surface area (Å²) < 4.78 is 7.64. The first kappa shape index (κ1) is 16.6. The molecule has 0 radical (unpaired) electrons. The molecule has 3 heterocycles. The van der Waals surface area contributed by atoms with Gasteiger partial charge in [-0.05, 0) is 43.3 Å². The smallest absolute Gasteiger partial charge is 0.0900 e. The lowest BCUT2D eigenvalue weighted by atomic mass is 10.2. The molecule has 0 saturated carbocycles. The van der Waals surface area contributed by atoms with Crippen molar-refractivity contribution >= 4 is 11.3 Å². The number of ether oxygens (including phenoxy) is 1. The van der Waals surface area contributed by atoms with Gasteiger partial charge in [-0.2, -0.15) is 5.10 Å². The molecular weight excluding hydrogens is 310 g/mol. The summed E-state index contributed by atoms with van der Waals surface area (Å²) in [5.41, 5.74) is 1.19. The van der Waals surface area contributed by atoms with Gasteiger partial charge in [0.1, 0.15) is 0 Å². The summed E-state index contributed by atoms with van der Waals surface area (Å²) in [6, 6.07) is 4.53. The minimum atomic E-state index is -0.435. The van der Waals surface area contributed by atoms with E-state index in [0.717, 1.165) is 13.1 Å². The zero-order valence-corrected chi connectivity index (χ0v) is 14.4. The number of hydrogen-bond acceptors (Lipinski definition) is 5. The van der Waals surface area contributed by atoms with Gasteiger partial charge in [0.2, 0.25) is 0 Å². The van der Waals surface area contributed by atoms with Crippen molar-refractivity contribution in [2.24, 2.45) is 0 Å². The van der Waals surface area contributed by atoms with Crippen molar-refractivity contribution in [3.8, 4) is 0 Å². The van der Waals surface area contributed by atoms with Gasteiger partial charge in [-0.15, -0.1) is 11.3 Å². The maximum absolute atomic E-state index is 10.2. The molecule has 2 atom stereocenters. The third kappa shape index (κ3) is 4.88. The summed E-state index contributed by atoms with van der Waals surface area (Å²) in [6.07, 6.45) is 5.90. The number of aromatic nitrogens is 2. The van der Waals surface area contributed by atoms with Gasteiger partial charge in [0.25, 0.3) is 0 Å². The Kier molecular flexibility index (Phi) is 5.83. The van der Waals surface area contributed by atoms with E-state index in [9.17, 15) is 5.11 Å². The third-order valence-corrected chi connectivity index (χ3v) is 5.09. The van der Waals surface area contributed by atoms with Crippen molar-refractivity contribution in [1.82, 2.24) is 14.7 Å². The topological polar surface area (TPSA) is 50.5 Å².